The fourth-order valence-corrected chi connectivity index (χ4v) is 2.79. The van der Waals surface area contributed by atoms with E-state index in [1.165, 1.54) is 0 Å². The van der Waals surface area contributed by atoms with Crippen LogP contribution in [0.2, 0.25) is 5.28 Å². The van der Waals surface area contributed by atoms with Crippen molar-refractivity contribution in [2.24, 2.45) is 12.8 Å². The van der Waals surface area contributed by atoms with E-state index in [0.717, 1.165) is 5.69 Å². The molecule has 1 atom stereocenters. The summed E-state index contributed by atoms with van der Waals surface area (Å²) in [6.07, 6.45) is 2.10. The van der Waals surface area contributed by atoms with Gasteiger partial charge in [-0.3, -0.25) is 4.98 Å². The van der Waals surface area contributed by atoms with Gasteiger partial charge in [0.2, 0.25) is 5.28 Å². The van der Waals surface area contributed by atoms with Crippen LogP contribution in [0.1, 0.15) is 18.3 Å². The number of rotatable bonds is 5. The second-order valence-corrected chi connectivity index (χ2v) is 6.05. The first kappa shape index (κ1) is 16.6. The highest BCUT2D eigenvalue weighted by atomic mass is 35.5. The molecule has 0 aliphatic rings. The predicted octanol–water partition coefficient (Wildman–Crippen LogP) is 2.66. The third-order valence-corrected chi connectivity index (χ3v) is 3.91. The highest BCUT2D eigenvalue weighted by Gasteiger charge is 2.22. The van der Waals surface area contributed by atoms with Crippen molar-refractivity contribution in [1.29, 1.82) is 0 Å². The molecule has 0 fully saturated rings. The first-order valence-electron chi connectivity index (χ1n) is 7.57. The monoisotopic (exact) mass is 348 g/mol. The number of nitrogens with one attached hydrogen (secondary N) is 1. The molecule has 3 N–H and O–H groups in total. The van der Waals surface area contributed by atoms with Crippen LogP contribution in [-0.2, 0) is 20.0 Å². The zero-order valence-corrected chi connectivity index (χ0v) is 14.2. The molecular formula is C16H18ClFN6. The summed E-state index contributed by atoms with van der Waals surface area (Å²) in [5, 5.41) is 3.46. The van der Waals surface area contributed by atoms with Crippen LogP contribution in [0.4, 0.5) is 10.2 Å². The molecule has 0 aliphatic carbocycles. The molecule has 0 saturated heterocycles. The lowest BCUT2D eigenvalue weighted by molar-refractivity contribution is 0.586. The predicted molar refractivity (Wildman–Crippen MR) is 92.4 cm³/mol. The Labute approximate surface area is 143 Å². The highest BCUT2D eigenvalue weighted by molar-refractivity contribution is 6.28. The number of nitrogens with zero attached hydrogens (tertiary/aromatic N) is 4. The van der Waals surface area contributed by atoms with Crippen LogP contribution in [-0.4, -0.2) is 25.6 Å². The summed E-state index contributed by atoms with van der Waals surface area (Å²) in [5.74, 6) is -0.0235. The van der Waals surface area contributed by atoms with Gasteiger partial charge < -0.3 is 15.6 Å². The van der Waals surface area contributed by atoms with E-state index in [1.54, 1.807) is 17.8 Å². The van der Waals surface area contributed by atoms with Gasteiger partial charge in [-0.25, -0.2) is 4.39 Å². The van der Waals surface area contributed by atoms with Crippen molar-refractivity contribution in [3.63, 3.8) is 0 Å². The largest absolute Gasteiger partial charge is 0.364 e. The van der Waals surface area contributed by atoms with Gasteiger partial charge in [-0.05, 0) is 30.7 Å². The normalized spacial score (nSPS) is 12.5. The Balaban J connectivity index is 2.04. The SMILES string of the molecule is CC(N)Cc1c(F)c2c(NCc3ccccn3)nc(Cl)nc2n1C. The molecule has 8 heteroatoms. The van der Waals surface area contributed by atoms with Gasteiger partial charge in [0.05, 0.1) is 23.3 Å². The molecule has 0 spiro atoms. The molecule has 0 bridgehead atoms. The Morgan fingerprint density at radius 2 is 2.17 bits per heavy atom. The summed E-state index contributed by atoms with van der Waals surface area (Å²) in [6.45, 7) is 2.23. The molecule has 0 amide bonds. The van der Waals surface area contributed by atoms with Crippen LogP contribution in [0.15, 0.2) is 24.4 Å². The topological polar surface area (TPSA) is 81.7 Å². The smallest absolute Gasteiger partial charge is 0.226 e. The molecule has 3 heterocycles. The van der Waals surface area contributed by atoms with E-state index in [4.69, 9.17) is 17.3 Å². The van der Waals surface area contributed by atoms with E-state index >= 15 is 0 Å². The lowest BCUT2D eigenvalue weighted by Crippen LogP contribution is -2.20. The minimum absolute atomic E-state index is 0.0546. The number of aryl methyl sites for hydroxylation is 1. The molecule has 0 saturated carbocycles. The van der Waals surface area contributed by atoms with Gasteiger partial charge >= 0.3 is 0 Å². The third kappa shape index (κ3) is 3.18. The molecule has 0 aliphatic heterocycles. The number of hydrogen-bond donors (Lipinski definition) is 2. The maximum atomic E-state index is 14.9. The third-order valence-electron chi connectivity index (χ3n) is 3.74. The van der Waals surface area contributed by atoms with Gasteiger partial charge in [0.1, 0.15) is 11.5 Å². The first-order valence-corrected chi connectivity index (χ1v) is 7.94. The Morgan fingerprint density at radius 3 is 2.83 bits per heavy atom. The summed E-state index contributed by atoms with van der Waals surface area (Å²) in [4.78, 5) is 12.5. The zero-order valence-electron chi connectivity index (χ0n) is 13.4. The number of aromatic nitrogens is 4. The summed E-state index contributed by atoms with van der Waals surface area (Å²) in [6, 6.07) is 5.42. The van der Waals surface area contributed by atoms with E-state index in [-0.39, 0.29) is 17.1 Å². The molecule has 0 aromatic carbocycles. The summed E-state index contributed by atoms with van der Waals surface area (Å²) >= 11 is 6.01. The number of nitrogens with two attached hydrogens (primary N) is 1. The number of pyridine rings is 1. The quantitative estimate of drug-likeness (QED) is 0.693. The van der Waals surface area contributed by atoms with E-state index in [1.807, 2.05) is 25.1 Å². The van der Waals surface area contributed by atoms with Gasteiger partial charge in [-0.1, -0.05) is 6.07 Å². The van der Waals surface area contributed by atoms with Gasteiger partial charge in [0, 0.05) is 25.7 Å². The van der Waals surface area contributed by atoms with Crippen molar-refractivity contribution in [2.75, 3.05) is 5.32 Å². The molecule has 6 nitrogen and oxygen atoms in total. The lowest BCUT2D eigenvalue weighted by Gasteiger charge is -2.07. The molecule has 3 aromatic rings. The van der Waals surface area contributed by atoms with Crippen molar-refractivity contribution >= 4 is 28.5 Å². The van der Waals surface area contributed by atoms with Gasteiger partial charge in [0.25, 0.3) is 0 Å². The van der Waals surface area contributed by atoms with Gasteiger partial charge in [-0.2, -0.15) is 9.97 Å². The summed E-state index contributed by atoms with van der Waals surface area (Å²) in [5.41, 5.74) is 7.55. The van der Waals surface area contributed by atoms with Crippen LogP contribution in [0.25, 0.3) is 11.0 Å². The number of hydrogen-bond acceptors (Lipinski definition) is 5. The van der Waals surface area contributed by atoms with Crippen LogP contribution in [0.3, 0.4) is 0 Å². The summed E-state index contributed by atoms with van der Waals surface area (Å²) < 4.78 is 16.6. The molecule has 126 valence electrons. The van der Waals surface area contributed by atoms with E-state index < -0.39 is 0 Å². The Kier molecular flexibility index (Phi) is 4.64. The first-order chi connectivity index (χ1) is 11.5. The molecule has 1 unspecified atom stereocenters. The second-order valence-electron chi connectivity index (χ2n) is 5.72. The van der Waals surface area contributed by atoms with Gasteiger partial charge in [-0.15, -0.1) is 0 Å². The Hall–Kier alpha value is -2.25. The fraction of sp³-hybridized carbons (Fsp3) is 0.312. The number of anilines is 1. The molecular weight excluding hydrogens is 331 g/mol. The molecule has 24 heavy (non-hydrogen) atoms. The number of fused-ring (bicyclic) bond motifs is 1. The van der Waals surface area contributed by atoms with Gasteiger partial charge in [0.15, 0.2) is 5.82 Å². The molecule has 0 radical (unpaired) electrons. The average Bonchev–Trinajstić information content (AvgIpc) is 2.78. The highest BCUT2D eigenvalue weighted by Crippen LogP contribution is 2.30. The lowest BCUT2D eigenvalue weighted by atomic mass is 10.2. The summed E-state index contributed by atoms with van der Waals surface area (Å²) in [7, 11) is 1.75. The van der Waals surface area contributed by atoms with Crippen LogP contribution in [0.5, 0.6) is 0 Å². The Bertz CT molecular complexity index is 862. The van der Waals surface area contributed by atoms with Crippen molar-refractivity contribution < 1.29 is 4.39 Å². The molecule has 3 rings (SSSR count). The van der Waals surface area contributed by atoms with Crippen molar-refractivity contribution in [3.8, 4) is 0 Å². The van der Waals surface area contributed by atoms with Crippen molar-refractivity contribution in [2.45, 2.75) is 25.9 Å². The van der Waals surface area contributed by atoms with E-state index in [9.17, 15) is 4.39 Å². The molecule has 3 aromatic heterocycles. The van der Waals surface area contributed by atoms with E-state index in [2.05, 4.69) is 20.3 Å². The zero-order chi connectivity index (χ0) is 17.3. The fourth-order valence-electron chi connectivity index (χ4n) is 2.62. The Morgan fingerprint density at radius 1 is 1.38 bits per heavy atom. The van der Waals surface area contributed by atoms with Crippen LogP contribution >= 0.6 is 11.6 Å². The number of halogens is 2. The average molecular weight is 349 g/mol. The van der Waals surface area contributed by atoms with Crippen molar-refractivity contribution in [1.82, 2.24) is 19.5 Å². The van der Waals surface area contributed by atoms with Crippen LogP contribution in [0, 0.1) is 5.82 Å². The van der Waals surface area contributed by atoms with Crippen molar-refractivity contribution in [3.05, 3.63) is 46.9 Å². The minimum Gasteiger partial charge on any atom is -0.364 e. The van der Waals surface area contributed by atoms with Crippen LogP contribution < -0.4 is 11.1 Å². The maximum Gasteiger partial charge on any atom is 0.226 e. The standard InChI is InChI=1S/C16H18ClFN6/c1-9(19)7-11-13(18)12-14(21-8-10-5-3-4-6-20-10)22-16(17)23-15(12)24(11)2/h3-6,9H,7-8,19H2,1-2H3,(H,21,22,23). The second kappa shape index (κ2) is 6.70. The maximum absolute atomic E-state index is 14.9. The van der Waals surface area contributed by atoms with E-state index in [0.29, 0.717) is 35.5 Å². The minimum atomic E-state index is -0.370.